The summed E-state index contributed by atoms with van der Waals surface area (Å²) in [5.41, 5.74) is 4.70. The summed E-state index contributed by atoms with van der Waals surface area (Å²) in [6.45, 7) is 1.21. The van der Waals surface area contributed by atoms with Crippen LogP contribution in [0.25, 0.3) is 0 Å². The topological polar surface area (TPSA) is 55.5 Å². The first-order valence-corrected chi connectivity index (χ1v) is 4.30. The van der Waals surface area contributed by atoms with Crippen molar-refractivity contribution >= 4 is 0 Å². The number of alkyl halides is 3. The minimum atomic E-state index is -4.73. The third kappa shape index (κ3) is 2.97. The number of ether oxygens (including phenoxy) is 1. The van der Waals surface area contributed by atoms with Crippen molar-refractivity contribution in [1.29, 1.82) is 0 Å². The van der Waals surface area contributed by atoms with Gasteiger partial charge in [-0.1, -0.05) is 13.0 Å². The molecule has 0 aromatic rings. The van der Waals surface area contributed by atoms with Crippen LogP contribution in [0.5, 0.6) is 0 Å². The number of nitrogens with two attached hydrogens (primary N) is 1. The molecular formula is C9H12F3NO2. The Hall–Kier alpha value is -1.01. The summed E-state index contributed by atoms with van der Waals surface area (Å²) >= 11 is 0. The molecule has 0 fully saturated rings. The molecule has 2 atom stereocenters. The first kappa shape index (κ1) is 12.1. The fourth-order valence-corrected chi connectivity index (χ4v) is 1.24. The van der Waals surface area contributed by atoms with Gasteiger partial charge in [-0.05, 0) is 12.2 Å². The molecule has 1 aliphatic carbocycles. The molecule has 0 heterocycles. The molecule has 0 amide bonds. The molecule has 0 aromatic heterocycles. The molecule has 0 bridgehead atoms. The minimum absolute atomic E-state index is 0.344. The fraction of sp³-hybridized carbons (Fsp3) is 0.556. The van der Waals surface area contributed by atoms with E-state index >= 15 is 0 Å². The Labute approximate surface area is 85.0 Å². The molecule has 0 aromatic carbocycles. The monoisotopic (exact) mass is 223 g/mol. The Kier molecular flexibility index (Phi) is 3.11. The molecule has 0 radical (unpaired) electrons. The summed E-state index contributed by atoms with van der Waals surface area (Å²) in [5, 5.41) is 9.04. The molecule has 86 valence electrons. The summed E-state index contributed by atoms with van der Waals surface area (Å²) in [7, 11) is 0. The van der Waals surface area contributed by atoms with Gasteiger partial charge in [0, 0.05) is 11.5 Å². The first-order chi connectivity index (χ1) is 6.77. The second-order valence-corrected chi connectivity index (χ2v) is 3.64. The van der Waals surface area contributed by atoms with Crippen LogP contribution in [0.1, 0.15) is 6.92 Å². The first-order valence-electron chi connectivity index (χ1n) is 4.30. The van der Waals surface area contributed by atoms with Crippen LogP contribution in [-0.4, -0.2) is 24.1 Å². The van der Waals surface area contributed by atoms with Gasteiger partial charge in [-0.15, -0.1) is 13.2 Å². The lowest BCUT2D eigenvalue weighted by molar-refractivity contribution is -0.303. The Bertz CT molecular complexity index is 298. The molecule has 0 saturated heterocycles. The lowest BCUT2D eigenvalue weighted by Gasteiger charge is -2.32. The lowest BCUT2D eigenvalue weighted by atomic mass is 9.80. The molecule has 3 nitrogen and oxygen atoms in total. The Morgan fingerprint density at radius 3 is 2.67 bits per heavy atom. The van der Waals surface area contributed by atoms with Crippen molar-refractivity contribution in [3.63, 3.8) is 0 Å². The van der Waals surface area contributed by atoms with Crippen molar-refractivity contribution in [3.8, 4) is 0 Å². The second kappa shape index (κ2) is 3.86. The standard InChI is InChI=1S/C9H12F3NO2/c1-8(5-14)4-6(2-3-7(8)13)15-9(10,11)12/h2-4,7,14H,5,13H2,1H3. The van der Waals surface area contributed by atoms with E-state index in [1.807, 2.05) is 0 Å². The van der Waals surface area contributed by atoms with Gasteiger partial charge in [0.25, 0.3) is 0 Å². The lowest BCUT2D eigenvalue weighted by Crippen LogP contribution is -2.41. The van der Waals surface area contributed by atoms with E-state index in [1.54, 1.807) is 6.92 Å². The highest BCUT2D eigenvalue weighted by molar-refractivity contribution is 5.26. The zero-order valence-electron chi connectivity index (χ0n) is 8.08. The number of hydrogen-bond acceptors (Lipinski definition) is 3. The number of aliphatic hydroxyl groups is 1. The van der Waals surface area contributed by atoms with Gasteiger partial charge in [-0.3, -0.25) is 0 Å². The van der Waals surface area contributed by atoms with Crippen LogP contribution in [0.15, 0.2) is 24.0 Å². The third-order valence-electron chi connectivity index (χ3n) is 2.28. The largest absolute Gasteiger partial charge is 0.573 e. The molecule has 0 saturated carbocycles. The molecule has 1 rings (SSSR count). The number of allylic oxidation sites excluding steroid dienone is 1. The third-order valence-corrected chi connectivity index (χ3v) is 2.28. The fourth-order valence-electron chi connectivity index (χ4n) is 1.24. The van der Waals surface area contributed by atoms with Gasteiger partial charge >= 0.3 is 6.36 Å². The van der Waals surface area contributed by atoms with Gasteiger partial charge in [0.2, 0.25) is 0 Å². The second-order valence-electron chi connectivity index (χ2n) is 3.64. The zero-order valence-corrected chi connectivity index (χ0v) is 8.08. The molecule has 0 spiro atoms. The van der Waals surface area contributed by atoms with Gasteiger partial charge in [-0.25, -0.2) is 0 Å². The van der Waals surface area contributed by atoms with E-state index in [-0.39, 0.29) is 12.4 Å². The summed E-state index contributed by atoms with van der Waals surface area (Å²) in [5.74, 6) is -0.347. The van der Waals surface area contributed by atoms with Gasteiger partial charge in [0.15, 0.2) is 0 Å². The highest BCUT2D eigenvalue weighted by atomic mass is 19.4. The molecule has 3 N–H and O–H groups in total. The van der Waals surface area contributed by atoms with Crippen LogP contribution in [0.4, 0.5) is 13.2 Å². The summed E-state index contributed by atoms with van der Waals surface area (Å²) in [4.78, 5) is 0. The van der Waals surface area contributed by atoms with E-state index in [0.717, 1.165) is 6.08 Å². The molecule has 2 unspecified atom stereocenters. The van der Waals surface area contributed by atoms with Crippen molar-refractivity contribution in [2.45, 2.75) is 19.3 Å². The Morgan fingerprint density at radius 1 is 1.60 bits per heavy atom. The summed E-state index contributed by atoms with van der Waals surface area (Å²) in [6.07, 6.45) is -1.02. The van der Waals surface area contributed by atoms with Crippen LogP contribution in [0.3, 0.4) is 0 Å². The highest BCUT2D eigenvalue weighted by Gasteiger charge is 2.36. The van der Waals surface area contributed by atoms with Crippen molar-refractivity contribution < 1.29 is 23.0 Å². The van der Waals surface area contributed by atoms with Gasteiger partial charge in [0.05, 0.1) is 6.61 Å². The average molecular weight is 223 g/mol. The van der Waals surface area contributed by atoms with E-state index in [1.165, 1.54) is 12.2 Å². The van der Waals surface area contributed by atoms with Crippen molar-refractivity contribution in [2.75, 3.05) is 6.61 Å². The van der Waals surface area contributed by atoms with E-state index in [2.05, 4.69) is 4.74 Å². The number of halogens is 3. The molecule has 0 aliphatic heterocycles. The SMILES string of the molecule is CC1(CO)C=C(OC(F)(F)F)C=CC1N. The van der Waals surface area contributed by atoms with E-state index in [9.17, 15) is 13.2 Å². The number of hydrogen-bond donors (Lipinski definition) is 2. The predicted molar refractivity (Wildman–Crippen MR) is 47.5 cm³/mol. The van der Waals surface area contributed by atoms with Crippen molar-refractivity contribution in [3.05, 3.63) is 24.0 Å². The average Bonchev–Trinajstić information content (AvgIpc) is 2.09. The van der Waals surface area contributed by atoms with E-state index < -0.39 is 17.8 Å². The van der Waals surface area contributed by atoms with Crippen molar-refractivity contribution in [1.82, 2.24) is 0 Å². The number of rotatable bonds is 2. The molecule has 1 aliphatic rings. The van der Waals surface area contributed by atoms with Gasteiger partial charge in [0.1, 0.15) is 5.76 Å². The quantitative estimate of drug-likeness (QED) is 0.742. The number of aliphatic hydroxyl groups excluding tert-OH is 1. The van der Waals surface area contributed by atoms with Gasteiger partial charge < -0.3 is 15.6 Å². The highest BCUT2D eigenvalue weighted by Crippen LogP contribution is 2.31. The summed E-state index contributed by atoms with van der Waals surface area (Å²) < 4.78 is 39.4. The zero-order chi connectivity index (χ0) is 11.7. The molecule has 15 heavy (non-hydrogen) atoms. The predicted octanol–water partition coefficient (Wildman–Crippen LogP) is 1.30. The summed E-state index contributed by atoms with van der Waals surface area (Å²) in [6, 6.07) is -0.525. The van der Waals surface area contributed by atoms with Crippen LogP contribution in [0.2, 0.25) is 0 Å². The van der Waals surface area contributed by atoms with Crippen LogP contribution < -0.4 is 5.73 Å². The minimum Gasteiger partial charge on any atom is -0.406 e. The molecule has 6 heteroatoms. The smallest absolute Gasteiger partial charge is 0.406 e. The van der Waals surface area contributed by atoms with Crippen LogP contribution >= 0.6 is 0 Å². The maximum absolute atomic E-state index is 11.9. The normalized spacial score (nSPS) is 31.3. The Morgan fingerprint density at radius 2 is 2.20 bits per heavy atom. The van der Waals surface area contributed by atoms with E-state index in [4.69, 9.17) is 10.8 Å². The van der Waals surface area contributed by atoms with Crippen LogP contribution in [0, 0.1) is 5.41 Å². The maximum atomic E-state index is 11.9. The van der Waals surface area contributed by atoms with Gasteiger partial charge in [-0.2, -0.15) is 0 Å². The molecular weight excluding hydrogens is 211 g/mol. The van der Waals surface area contributed by atoms with Crippen LogP contribution in [-0.2, 0) is 4.74 Å². The van der Waals surface area contributed by atoms with E-state index in [0.29, 0.717) is 0 Å². The van der Waals surface area contributed by atoms with Crippen molar-refractivity contribution in [2.24, 2.45) is 11.1 Å². The maximum Gasteiger partial charge on any atom is 0.573 e. The Balaban J connectivity index is 2.85.